The Morgan fingerprint density at radius 2 is 2.44 bits per heavy atom. The van der Waals surface area contributed by atoms with Crippen LogP contribution in [0.5, 0.6) is 0 Å². The second kappa shape index (κ2) is 5.07. The predicted molar refractivity (Wildman–Crippen MR) is 61.8 cm³/mol. The minimum absolute atomic E-state index is 0.0585. The molecular weight excluding hydrogens is 202 g/mol. The fourth-order valence-electron chi connectivity index (χ4n) is 1.80. The summed E-state index contributed by atoms with van der Waals surface area (Å²) in [4.78, 5) is 15.8. The molecule has 1 amide bonds. The van der Waals surface area contributed by atoms with E-state index in [0.29, 0.717) is 6.54 Å². The highest BCUT2D eigenvalue weighted by Gasteiger charge is 2.20. The standard InChI is InChI=1S/C12H17N3O/c1-9-4-5-10(14-7-9)8-15-11-3-2-6-13-12(11)16/h4-5,7,11,15H,2-3,6,8H2,1H3,(H,13,16). The van der Waals surface area contributed by atoms with Crippen molar-refractivity contribution in [3.05, 3.63) is 29.6 Å². The van der Waals surface area contributed by atoms with E-state index in [1.54, 1.807) is 0 Å². The third-order valence-corrected chi connectivity index (χ3v) is 2.79. The van der Waals surface area contributed by atoms with Crippen LogP contribution >= 0.6 is 0 Å². The Hall–Kier alpha value is -1.42. The Bertz CT molecular complexity index is 361. The molecule has 2 N–H and O–H groups in total. The maximum Gasteiger partial charge on any atom is 0.237 e. The predicted octanol–water partition coefficient (Wildman–Crippen LogP) is 0.758. The van der Waals surface area contributed by atoms with Crippen molar-refractivity contribution in [2.45, 2.75) is 32.4 Å². The van der Waals surface area contributed by atoms with E-state index in [0.717, 1.165) is 30.6 Å². The molecular formula is C12H17N3O. The second-order valence-electron chi connectivity index (χ2n) is 4.19. The molecule has 0 saturated carbocycles. The van der Waals surface area contributed by atoms with Gasteiger partial charge < -0.3 is 10.6 Å². The molecule has 0 aromatic carbocycles. The molecule has 2 heterocycles. The number of pyridine rings is 1. The minimum Gasteiger partial charge on any atom is -0.355 e. The summed E-state index contributed by atoms with van der Waals surface area (Å²) in [6.45, 7) is 3.47. The molecule has 86 valence electrons. The van der Waals surface area contributed by atoms with E-state index in [4.69, 9.17) is 0 Å². The normalized spacial score (nSPS) is 20.6. The highest BCUT2D eigenvalue weighted by Crippen LogP contribution is 2.04. The van der Waals surface area contributed by atoms with Crippen LogP contribution in [0.15, 0.2) is 18.3 Å². The van der Waals surface area contributed by atoms with Crippen LogP contribution in [-0.4, -0.2) is 23.5 Å². The van der Waals surface area contributed by atoms with Crippen molar-refractivity contribution in [2.75, 3.05) is 6.54 Å². The van der Waals surface area contributed by atoms with E-state index in [-0.39, 0.29) is 11.9 Å². The van der Waals surface area contributed by atoms with Crippen molar-refractivity contribution in [3.63, 3.8) is 0 Å². The molecule has 1 aromatic rings. The van der Waals surface area contributed by atoms with E-state index in [1.165, 1.54) is 0 Å². The highest BCUT2D eigenvalue weighted by atomic mass is 16.2. The lowest BCUT2D eigenvalue weighted by Crippen LogP contribution is -2.47. The number of aromatic nitrogens is 1. The number of aryl methyl sites for hydroxylation is 1. The first-order valence-corrected chi connectivity index (χ1v) is 5.68. The summed E-state index contributed by atoms with van der Waals surface area (Å²) >= 11 is 0. The largest absolute Gasteiger partial charge is 0.355 e. The molecule has 1 aromatic heterocycles. The lowest BCUT2D eigenvalue weighted by atomic mass is 10.1. The van der Waals surface area contributed by atoms with Crippen molar-refractivity contribution < 1.29 is 4.79 Å². The summed E-state index contributed by atoms with van der Waals surface area (Å²) in [6, 6.07) is 3.96. The van der Waals surface area contributed by atoms with E-state index in [9.17, 15) is 4.79 Å². The topological polar surface area (TPSA) is 54.0 Å². The van der Waals surface area contributed by atoms with Gasteiger partial charge in [-0.05, 0) is 31.4 Å². The van der Waals surface area contributed by atoms with Gasteiger partial charge in [-0.2, -0.15) is 0 Å². The third kappa shape index (κ3) is 2.79. The molecule has 1 fully saturated rings. The maximum atomic E-state index is 11.5. The van der Waals surface area contributed by atoms with E-state index < -0.39 is 0 Å². The van der Waals surface area contributed by atoms with Gasteiger partial charge in [0.2, 0.25) is 5.91 Å². The van der Waals surface area contributed by atoms with Crippen molar-refractivity contribution >= 4 is 5.91 Å². The Kier molecular flexibility index (Phi) is 3.51. The SMILES string of the molecule is Cc1ccc(CNC2CCCNC2=O)nc1. The van der Waals surface area contributed by atoms with Gasteiger partial charge in [-0.3, -0.25) is 9.78 Å². The molecule has 1 aliphatic heterocycles. The summed E-state index contributed by atoms with van der Waals surface area (Å²) < 4.78 is 0. The molecule has 0 aliphatic carbocycles. The zero-order chi connectivity index (χ0) is 11.4. The number of hydrogen-bond acceptors (Lipinski definition) is 3. The average Bonchev–Trinajstić information content (AvgIpc) is 2.30. The molecule has 1 unspecified atom stereocenters. The monoisotopic (exact) mass is 219 g/mol. The smallest absolute Gasteiger partial charge is 0.237 e. The van der Waals surface area contributed by atoms with Gasteiger partial charge in [0.15, 0.2) is 0 Å². The fourth-order valence-corrected chi connectivity index (χ4v) is 1.80. The molecule has 0 spiro atoms. The lowest BCUT2D eigenvalue weighted by molar-refractivity contribution is -0.124. The van der Waals surface area contributed by atoms with E-state index in [1.807, 2.05) is 25.3 Å². The van der Waals surface area contributed by atoms with Crippen LogP contribution < -0.4 is 10.6 Å². The van der Waals surface area contributed by atoms with Crippen LogP contribution in [0, 0.1) is 6.92 Å². The quantitative estimate of drug-likeness (QED) is 0.789. The molecule has 1 aliphatic rings. The van der Waals surface area contributed by atoms with E-state index in [2.05, 4.69) is 15.6 Å². The van der Waals surface area contributed by atoms with Crippen molar-refractivity contribution in [1.82, 2.24) is 15.6 Å². The summed E-state index contributed by atoms with van der Waals surface area (Å²) in [5.74, 6) is 0.110. The summed E-state index contributed by atoms with van der Waals surface area (Å²) in [5.41, 5.74) is 2.13. The second-order valence-corrected chi connectivity index (χ2v) is 4.19. The Labute approximate surface area is 95.5 Å². The maximum absolute atomic E-state index is 11.5. The number of rotatable bonds is 3. The van der Waals surface area contributed by atoms with Crippen LogP contribution in [0.2, 0.25) is 0 Å². The van der Waals surface area contributed by atoms with Crippen molar-refractivity contribution in [1.29, 1.82) is 0 Å². The molecule has 1 saturated heterocycles. The number of hydrogen-bond donors (Lipinski definition) is 2. The van der Waals surface area contributed by atoms with Gasteiger partial charge in [0.1, 0.15) is 0 Å². The Morgan fingerprint density at radius 1 is 1.56 bits per heavy atom. The van der Waals surface area contributed by atoms with E-state index >= 15 is 0 Å². The number of carbonyl (C=O) groups is 1. The van der Waals surface area contributed by atoms with Gasteiger partial charge in [-0.25, -0.2) is 0 Å². The number of amides is 1. The van der Waals surface area contributed by atoms with Gasteiger partial charge in [-0.1, -0.05) is 6.07 Å². The third-order valence-electron chi connectivity index (χ3n) is 2.79. The number of carbonyl (C=O) groups excluding carboxylic acids is 1. The number of nitrogens with one attached hydrogen (secondary N) is 2. The van der Waals surface area contributed by atoms with Gasteiger partial charge >= 0.3 is 0 Å². The molecule has 0 radical (unpaired) electrons. The van der Waals surface area contributed by atoms with Gasteiger partial charge in [-0.15, -0.1) is 0 Å². The number of nitrogens with zero attached hydrogens (tertiary/aromatic N) is 1. The first-order chi connectivity index (χ1) is 7.75. The molecule has 4 heteroatoms. The summed E-state index contributed by atoms with van der Waals surface area (Å²) in [6.07, 6.45) is 3.81. The molecule has 4 nitrogen and oxygen atoms in total. The highest BCUT2D eigenvalue weighted by molar-refractivity contribution is 5.82. The molecule has 16 heavy (non-hydrogen) atoms. The number of piperidine rings is 1. The minimum atomic E-state index is -0.0585. The van der Waals surface area contributed by atoms with Crippen LogP contribution in [0.1, 0.15) is 24.1 Å². The Morgan fingerprint density at radius 3 is 3.12 bits per heavy atom. The first-order valence-electron chi connectivity index (χ1n) is 5.68. The Balaban J connectivity index is 1.86. The van der Waals surface area contributed by atoms with Crippen molar-refractivity contribution in [3.8, 4) is 0 Å². The van der Waals surface area contributed by atoms with Gasteiger partial charge in [0.05, 0.1) is 11.7 Å². The van der Waals surface area contributed by atoms with Crippen LogP contribution in [0.3, 0.4) is 0 Å². The van der Waals surface area contributed by atoms with Crippen LogP contribution in [0.25, 0.3) is 0 Å². The summed E-state index contributed by atoms with van der Waals surface area (Å²) in [5, 5.41) is 6.09. The average molecular weight is 219 g/mol. The fraction of sp³-hybridized carbons (Fsp3) is 0.500. The molecule has 0 bridgehead atoms. The lowest BCUT2D eigenvalue weighted by Gasteiger charge is -2.22. The zero-order valence-corrected chi connectivity index (χ0v) is 9.49. The first kappa shape index (κ1) is 11.1. The summed E-state index contributed by atoms with van der Waals surface area (Å²) in [7, 11) is 0. The zero-order valence-electron chi connectivity index (χ0n) is 9.49. The van der Waals surface area contributed by atoms with Crippen LogP contribution in [-0.2, 0) is 11.3 Å². The van der Waals surface area contributed by atoms with Gasteiger partial charge in [0.25, 0.3) is 0 Å². The van der Waals surface area contributed by atoms with Crippen molar-refractivity contribution in [2.24, 2.45) is 0 Å². The molecule has 1 atom stereocenters. The molecule has 2 rings (SSSR count). The van der Waals surface area contributed by atoms with Gasteiger partial charge in [0, 0.05) is 19.3 Å². The van der Waals surface area contributed by atoms with Crippen LogP contribution in [0.4, 0.5) is 0 Å².